The van der Waals surface area contributed by atoms with E-state index >= 15 is 0 Å². The molecule has 0 saturated heterocycles. The Morgan fingerprint density at radius 1 is 1.37 bits per heavy atom. The lowest BCUT2D eigenvalue weighted by Gasteiger charge is -2.08. The molecule has 5 nitrogen and oxygen atoms in total. The molecule has 1 rings (SSSR count). The van der Waals surface area contributed by atoms with E-state index in [4.69, 9.17) is 9.47 Å². The summed E-state index contributed by atoms with van der Waals surface area (Å²) in [6.45, 7) is 3.68. The minimum atomic E-state index is -0.338. The van der Waals surface area contributed by atoms with Crippen molar-refractivity contribution in [1.82, 2.24) is 5.32 Å². The fourth-order valence-electron chi connectivity index (χ4n) is 1.50. The molecule has 1 amide bonds. The van der Waals surface area contributed by atoms with Gasteiger partial charge in [0.25, 0.3) is 5.91 Å². The van der Waals surface area contributed by atoms with Gasteiger partial charge in [0, 0.05) is 13.2 Å². The molecule has 0 aliphatic heterocycles. The highest BCUT2D eigenvalue weighted by molar-refractivity contribution is 5.97. The Hall–Kier alpha value is -1.75. The Bertz CT molecular complexity index is 406. The smallest absolute Gasteiger partial charge is 0.255 e. The lowest BCUT2D eigenvalue weighted by molar-refractivity contribution is 0.0910. The number of hydrogen-bond donors (Lipinski definition) is 2. The van der Waals surface area contributed by atoms with Gasteiger partial charge < -0.3 is 19.9 Å². The van der Waals surface area contributed by atoms with Gasteiger partial charge >= 0.3 is 0 Å². The molecule has 0 radical (unpaired) electrons. The molecule has 2 N–H and O–H groups in total. The molecular weight excluding hydrogens is 246 g/mol. The second-order valence-corrected chi connectivity index (χ2v) is 4.10. The molecule has 0 heterocycles. The van der Waals surface area contributed by atoms with Gasteiger partial charge in [0.05, 0.1) is 19.3 Å². The van der Waals surface area contributed by atoms with Crippen LogP contribution in [0.25, 0.3) is 0 Å². The van der Waals surface area contributed by atoms with Crippen LogP contribution in [-0.2, 0) is 4.74 Å². The van der Waals surface area contributed by atoms with Crippen molar-refractivity contribution in [2.75, 3.05) is 26.9 Å². The number of phenolic OH excluding ortho intramolecular Hbond substituents is 1. The molecule has 0 bridgehead atoms. The summed E-state index contributed by atoms with van der Waals surface area (Å²) in [6, 6.07) is 4.54. The number of nitrogens with one attached hydrogen (secondary N) is 1. The molecule has 0 aromatic heterocycles. The second-order valence-electron chi connectivity index (χ2n) is 4.10. The van der Waals surface area contributed by atoms with Gasteiger partial charge in [-0.2, -0.15) is 0 Å². The topological polar surface area (TPSA) is 67.8 Å². The summed E-state index contributed by atoms with van der Waals surface area (Å²) in [5.74, 6) is 0.128. The quantitative estimate of drug-likeness (QED) is 0.706. The number of carbonyl (C=O) groups excluding carboxylic acids is 1. The third-order valence-corrected chi connectivity index (χ3v) is 2.62. The Kier molecular flexibility index (Phi) is 6.74. The second kappa shape index (κ2) is 8.37. The molecule has 0 aliphatic carbocycles. The van der Waals surface area contributed by atoms with Crippen LogP contribution in [-0.4, -0.2) is 37.9 Å². The van der Waals surface area contributed by atoms with Crippen molar-refractivity contribution in [3.8, 4) is 11.5 Å². The number of unbranched alkanes of at least 4 members (excludes halogenated alkanes) is 1. The molecule has 0 aliphatic rings. The van der Waals surface area contributed by atoms with Gasteiger partial charge in [0.2, 0.25) is 0 Å². The number of benzene rings is 1. The SMILES string of the molecule is CCCCOCCNC(=O)c1cc(OC)ccc1O. The Morgan fingerprint density at radius 2 is 2.16 bits per heavy atom. The lowest BCUT2D eigenvalue weighted by Crippen LogP contribution is -2.27. The average Bonchev–Trinajstić information content (AvgIpc) is 2.43. The first kappa shape index (κ1) is 15.3. The monoisotopic (exact) mass is 267 g/mol. The first-order valence-electron chi connectivity index (χ1n) is 6.42. The normalized spacial score (nSPS) is 10.2. The predicted molar refractivity (Wildman–Crippen MR) is 72.7 cm³/mol. The van der Waals surface area contributed by atoms with Crippen LogP contribution in [0.15, 0.2) is 18.2 Å². The summed E-state index contributed by atoms with van der Waals surface area (Å²) in [4.78, 5) is 11.8. The Balaban J connectivity index is 2.40. The number of hydrogen-bond acceptors (Lipinski definition) is 4. The summed E-state index contributed by atoms with van der Waals surface area (Å²) >= 11 is 0. The maximum absolute atomic E-state index is 11.8. The van der Waals surface area contributed by atoms with Crippen LogP contribution < -0.4 is 10.1 Å². The average molecular weight is 267 g/mol. The molecule has 0 fully saturated rings. The summed E-state index contributed by atoms with van der Waals surface area (Å²) in [7, 11) is 1.51. The maximum atomic E-state index is 11.8. The maximum Gasteiger partial charge on any atom is 0.255 e. The number of methoxy groups -OCH3 is 1. The van der Waals surface area contributed by atoms with E-state index in [1.807, 2.05) is 0 Å². The zero-order chi connectivity index (χ0) is 14.1. The Morgan fingerprint density at radius 3 is 2.84 bits per heavy atom. The highest BCUT2D eigenvalue weighted by Crippen LogP contribution is 2.22. The molecule has 0 unspecified atom stereocenters. The summed E-state index contributed by atoms with van der Waals surface area (Å²) in [5, 5.41) is 12.3. The molecule has 1 aromatic carbocycles. The van der Waals surface area contributed by atoms with E-state index in [1.54, 1.807) is 6.07 Å². The van der Waals surface area contributed by atoms with E-state index < -0.39 is 0 Å². The summed E-state index contributed by atoms with van der Waals surface area (Å²) in [5.41, 5.74) is 0.202. The molecule has 19 heavy (non-hydrogen) atoms. The van der Waals surface area contributed by atoms with Crippen LogP contribution in [0.1, 0.15) is 30.1 Å². The van der Waals surface area contributed by atoms with Gasteiger partial charge in [-0.3, -0.25) is 4.79 Å². The van der Waals surface area contributed by atoms with E-state index in [9.17, 15) is 9.90 Å². The van der Waals surface area contributed by atoms with E-state index in [1.165, 1.54) is 19.2 Å². The number of phenols is 1. The van der Waals surface area contributed by atoms with Crippen molar-refractivity contribution >= 4 is 5.91 Å². The van der Waals surface area contributed by atoms with Gasteiger partial charge in [-0.05, 0) is 24.6 Å². The van der Waals surface area contributed by atoms with Crippen molar-refractivity contribution in [1.29, 1.82) is 0 Å². The van der Waals surface area contributed by atoms with Crippen molar-refractivity contribution < 1.29 is 19.4 Å². The van der Waals surface area contributed by atoms with Crippen LogP contribution in [0, 0.1) is 0 Å². The zero-order valence-electron chi connectivity index (χ0n) is 11.4. The standard InChI is InChI=1S/C14H21NO4/c1-3-4-8-19-9-7-15-14(17)12-10-11(18-2)5-6-13(12)16/h5-6,10,16H,3-4,7-9H2,1-2H3,(H,15,17). The fraction of sp³-hybridized carbons (Fsp3) is 0.500. The fourth-order valence-corrected chi connectivity index (χ4v) is 1.50. The van der Waals surface area contributed by atoms with Gasteiger partial charge in [0.15, 0.2) is 0 Å². The number of carbonyl (C=O) groups is 1. The van der Waals surface area contributed by atoms with Gasteiger partial charge in [-0.1, -0.05) is 13.3 Å². The Labute approximate surface area is 113 Å². The number of aromatic hydroxyl groups is 1. The van der Waals surface area contributed by atoms with Crippen molar-refractivity contribution in [2.45, 2.75) is 19.8 Å². The first-order chi connectivity index (χ1) is 9.19. The first-order valence-corrected chi connectivity index (χ1v) is 6.42. The zero-order valence-corrected chi connectivity index (χ0v) is 11.4. The molecule has 0 saturated carbocycles. The highest BCUT2D eigenvalue weighted by Gasteiger charge is 2.11. The number of amides is 1. The third kappa shape index (κ3) is 5.18. The van der Waals surface area contributed by atoms with Crippen molar-refractivity contribution in [2.24, 2.45) is 0 Å². The third-order valence-electron chi connectivity index (χ3n) is 2.62. The van der Waals surface area contributed by atoms with E-state index in [0.717, 1.165) is 12.8 Å². The molecule has 0 atom stereocenters. The van der Waals surface area contributed by atoms with Crippen LogP contribution in [0.3, 0.4) is 0 Å². The molecule has 106 valence electrons. The lowest BCUT2D eigenvalue weighted by atomic mass is 10.2. The van der Waals surface area contributed by atoms with Crippen LogP contribution in [0.4, 0.5) is 0 Å². The van der Waals surface area contributed by atoms with Crippen LogP contribution in [0.2, 0.25) is 0 Å². The van der Waals surface area contributed by atoms with Crippen LogP contribution >= 0.6 is 0 Å². The number of rotatable bonds is 8. The molecule has 5 heteroatoms. The predicted octanol–water partition coefficient (Wildman–Crippen LogP) is 1.95. The molecule has 1 aromatic rings. The minimum Gasteiger partial charge on any atom is -0.507 e. The molecule has 0 spiro atoms. The van der Waals surface area contributed by atoms with E-state index in [-0.39, 0.29) is 17.2 Å². The van der Waals surface area contributed by atoms with Gasteiger partial charge in [-0.15, -0.1) is 0 Å². The van der Waals surface area contributed by atoms with E-state index in [0.29, 0.717) is 25.5 Å². The van der Waals surface area contributed by atoms with Crippen LogP contribution in [0.5, 0.6) is 11.5 Å². The highest BCUT2D eigenvalue weighted by atomic mass is 16.5. The van der Waals surface area contributed by atoms with E-state index in [2.05, 4.69) is 12.2 Å². The number of ether oxygens (including phenoxy) is 2. The largest absolute Gasteiger partial charge is 0.507 e. The molecular formula is C14H21NO4. The van der Waals surface area contributed by atoms with Crippen molar-refractivity contribution in [3.63, 3.8) is 0 Å². The van der Waals surface area contributed by atoms with Gasteiger partial charge in [-0.25, -0.2) is 0 Å². The minimum absolute atomic E-state index is 0.0646. The van der Waals surface area contributed by atoms with Gasteiger partial charge in [0.1, 0.15) is 11.5 Å². The summed E-state index contributed by atoms with van der Waals surface area (Å²) in [6.07, 6.45) is 2.11. The summed E-state index contributed by atoms with van der Waals surface area (Å²) < 4.78 is 10.3. The van der Waals surface area contributed by atoms with Crippen molar-refractivity contribution in [3.05, 3.63) is 23.8 Å².